The SMILES string of the molecule is CC(C)CCCCCCCCCCCCCCCCCC(=O)O[C@H](COC(=O)CCCCCCCCCCCCCCCC(C)C)COP(=O)(O)OC[C@@H](O)COP(=O)(O)OC[C@@H](COC(=O)CCCCCCCCC(C)C)OC(=O)CCCCCCCCCCCC(C)C. The molecule has 564 valence electrons. The third-order valence-electron chi connectivity index (χ3n) is 17.6. The molecule has 5 atom stereocenters. The number of ether oxygens (including phenoxy) is 4. The molecule has 3 N–H and O–H groups in total. The zero-order valence-corrected chi connectivity index (χ0v) is 64.1. The zero-order chi connectivity index (χ0) is 70.3. The number of phosphoric acid groups is 2. The first kappa shape index (κ1) is 93.1. The molecular formula is C76H148O17P2. The van der Waals surface area contributed by atoms with Gasteiger partial charge in [0, 0.05) is 25.7 Å². The van der Waals surface area contributed by atoms with Gasteiger partial charge in [0.1, 0.15) is 19.3 Å². The van der Waals surface area contributed by atoms with E-state index in [1.807, 2.05) is 0 Å². The number of unbranched alkanes of at least 4 members (excludes halogenated alkanes) is 39. The Labute approximate surface area is 581 Å². The lowest BCUT2D eigenvalue weighted by atomic mass is 10.0. The lowest BCUT2D eigenvalue weighted by Gasteiger charge is -2.21. The van der Waals surface area contributed by atoms with Crippen LogP contribution in [0.5, 0.6) is 0 Å². The van der Waals surface area contributed by atoms with Gasteiger partial charge in [0.25, 0.3) is 0 Å². The third kappa shape index (κ3) is 70.3. The van der Waals surface area contributed by atoms with Crippen molar-refractivity contribution in [2.75, 3.05) is 39.6 Å². The van der Waals surface area contributed by atoms with E-state index in [0.717, 1.165) is 114 Å². The van der Waals surface area contributed by atoms with E-state index in [0.29, 0.717) is 31.6 Å². The highest BCUT2D eigenvalue weighted by atomic mass is 31.2. The fraction of sp³-hybridized carbons (Fsp3) is 0.947. The first-order valence-corrected chi connectivity index (χ1v) is 42.2. The van der Waals surface area contributed by atoms with Gasteiger partial charge in [-0.15, -0.1) is 0 Å². The smallest absolute Gasteiger partial charge is 0.462 e. The highest BCUT2D eigenvalue weighted by molar-refractivity contribution is 7.47. The van der Waals surface area contributed by atoms with Crippen LogP contribution < -0.4 is 0 Å². The van der Waals surface area contributed by atoms with Crippen LogP contribution >= 0.6 is 15.6 Å². The summed E-state index contributed by atoms with van der Waals surface area (Å²) >= 11 is 0. The predicted molar refractivity (Wildman–Crippen MR) is 386 cm³/mol. The molecule has 19 heteroatoms. The lowest BCUT2D eigenvalue weighted by molar-refractivity contribution is -0.161. The van der Waals surface area contributed by atoms with Gasteiger partial charge in [-0.3, -0.25) is 37.3 Å². The van der Waals surface area contributed by atoms with E-state index in [4.69, 9.17) is 37.0 Å². The molecule has 0 rings (SSSR count). The van der Waals surface area contributed by atoms with Crippen molar-refractivity contribution in [3.63, 3.8) is 0 Å². The van der Waals surface area contributed by atoms with Crippen molar-refractivity contribution < 1.29 is 80.2 Å². The highest BCUT2D eigenvalue weighted by Gasteiger charge is 2.30. The Bertz CT molecular complexity index is 1870. The van der Waals surface area contributed by atoms with Gasteiger partial charge < -0.3 is 33.8 Å². The van der Waals surface area contributed by atoms with Crippen molar-refractivity contribution in [3.05, 3.63) is 0 Å². The molecule has 0 aromatic carbocycles. The third-order valence-corrected chi connectivity index (χ3v) is 19.5. The molecule has 0 heterocycles. The van der Waals surface area contributed by atoms with Crippen molar-refractivity contribution in [2.45, 2.75) is 401 Å². The Morgan fingerprint density at radius 3 is 0.653 bits per heavy atom. The van der Waals surface area contributed by atoms with Crippen molar-refractivity contribution in [1.29, 1.82) is 0 Å². The van der Waals surface area contributed by atoms with Crippen molar-refractivity contribution >= 4 is 39.5 Å². The molecule has 0 radical (unpaired) electrons. The summed E-state index contributed by atoms with van der Waals surface area (Å²) in [7, 11) is -9.91. The average molecular weight is 1400 g/mol. The van der Waals surface area contributed by atoms with E-state index in [1.54, 1.807) is 0 Å². The van der Waals surface area contributed by atoms with Gasteiger partial charge in [-0.25, -0.2) is 9.13 Å². The molecule has 95 heavy (non-hydrogen) atoms. The molecule has 17 nitrogen and oxygen atoms in total. The number of carbonyl (C=O) groups excluding carboxylic acids is 4. The van der Waals surface area contributed by atoms with Crippen LogP contribution in [0.3, 0.4) is 0 Å². The second kappa shape index (κ2) is 65.4. The van der Waals surface area contributed by atoms with E-state index in [2.05, 4.69) is 55.4 Å². The topological polar surface area (TPSA) is 237 Å². The zero-order valence-electron chi connectivity index (χ0n) is 62.3. The molecule has 0 amide bonds. The number of esters is 4. The number of carbonyl (C=O) groups is 4. The molecule has 0 saturated heterocycles. The molecule has 0 aromatic rings. The number of hydrogen-bond donors (Lipinski definition) is 3. The summed E-state index contributed by atoms with van der Waals surface area (Å²) in [6, 6.07) is 0. The summed E-state index contributed by atoms with van der Waals surface area (Å²) in [5.41, 5.74) is 0. The minimum atomic E-state index is -4.96. The summed E-state index contributed by atoms with van der Waals surface area (Å²) in [4.78, 5) is 72.8. The molecule has 0 bridgehead atoms. The van der Waals surface area contributed by atoms with Crippen LogP contribution in [0.25, 0.3) is 0 Å². The maximum absolute atomic E-state index is 13.1. The van der Waals surface area contributed by atoms with Gasteiger partial charge >= 0.3 is 39.5 Å². The Morgan fingerprint density at radius 1 is 0.263 bits per heavy atom. The van der Waals surface area contributed by atoms with E-state index in [-0.39, 0.29) is 25.7 Å². The van der Waals surface area contributed by atoms with Crippen molar-refractivity contribution in [1.82, 2.24) is 0 Å². The summed E-state index contributed by atoms with van der Waals surface area (Å²) < 4.78 is 68.5. The average Bonchev–Trinajstić information content (AvgIpc) is 1.66. The van der Waals surface area contributed by atoms with Gasteiger partial charge in [-0.2, -0.15) is 0 Å². The number of aliphatic hydroxyl groups excluding tert-OH is 1. The van der Waals surface area contributed by atoms with Crippen LogP contribution in [0.2, 0.25) is 0 Å². The van der Waals surface area contributed by atoms with E-state index in [9.17, 15) is 43.2 Å². The fourth-order valence-electron chi connectivity index (χ4n) is 11.6. The Kier molecular flexibility index (Phi) is 64.0. The second-order valence-corrected chi connectivity index (χ2v) is 32.2. The largest absolute Gasteiger partial charge is 0.472 e. The molecule has 0 saturated carbocycles. The van der Waals surface area contributed by atoms with Gasteiger partial charge in [0.05, 0.1) is 26.4 Å². The lowest BCUT2D eigenvalue weighted by Crippen LogP contribution is -2.30. The maximum atomic E-state index is 13.1. The standard InChI is InChI=1S/C76H148O17P2/c1-66(2)52-44-36-28-22-17-13-10-9-11-15-20-26-32-42-50-58-75(80)92-71(62-86-73(78)56-48-40-31-25-19-16-12-14-18-23-29-37-45-53-67(3)4)64-90-94(82,83)88-60-70(77)61-89-95(84,85)91-65-72(63-87-74(79)57-49-41-35-34-39-47-55-69(7)8)93-76(81)59-51-43-33-27-21-24-30-38-46-54-68(5)6/h66-72,77H,9-65H2,1-8H3,(H,82,83)(H,84,85)/t70-,71-,72-/m1/s1. The van der Waals surface area contributed by atoms with Gasteiger partial charge in [-0.05, 0) is 49.4 Å². The Hall–Kier alpha value is -1.94. The molecule has 0 fully saturated rings. The molecule has 2 unspecified atom stereocenters. The van der Waals surface area contributed by atoms with Crippen molar-refractivity contribution in [3.8, 4) is 0 Å². The highest BCUT2D eigenvalue weighted by Crippen LogP contribution is 2.45. The molecule has 0 spiro atoms. The summed E-state index contributed by atoms with van der Waals surface area (Å²) in [5.74, 6) is 0.887. The van der Waals surface area contributed by atoms with E-state index < -0.39 is 97.5 Å². The van der Waals surface area contributed by atoms with Gasteiger partial charge in [0.2, 0.25) is 0 Å². The van der Waals surface area contributed by atoms with Crippen LogP contribution in [-0.4, -0.2) is 96.7 Å². The summed E-state index contributed by atoms with van der Waals surface area (Å²) in [5, 5.41) is 10.6. The first-order chi connectivity index (χ1) is 45.6. The summed E-state index contributed by atoms with van der Waals surface area (Å²) in [6.07, 6.45) is 50.1. The monoisotopic (exact) mass is 1400 g/mol. The minimum Gasteiger partial charge on any atom is -0.462 e. The Balaban J connectivity index is 5.23. The first-order valence-electron chi connectivity index (χ1n) is 39.2. The number of rotatable bonds is 73. The quantitative estimate of drug-likeness (QED) is 0.0222. The van der Waals surface area contributed by atoms with Gasteiger partial charge in [-0.1, -0.05) is 331 Å². The number of aliphatic hydroxyl groups is 1. The van der Waals surface area contributed by atoms with Crippen LogP contribution in [0, 0.1) is 23.7 Å². The van der Waals surface area contributed by atoms with Crippen LogP contribution in [0.15, 0.2) is 0 Å². The van der Waals surface area contributed by atoms with E-state index in [1.165, 1.54) is 180 Å². The number of hydrogen-bond acceptors (Lipinski definition) is 15. The van der Waals surface area contributed by atoms with Crippen molar-refractivity contribution in [2.24, 2.45) is 23.7 Å². The predicted octanol–water partition coefficient (Wildman–Crippen LogP) is 22.0. The molecule has 0 aromatic heterocycles. The second-order valence-electron chi connectivity index (χ2n) is 29.3. The number of phosphoric ester groups is 2. The fourth-order valence-corrected chi connectivity index (χ4v) is 13.1. The summed E-state index contributed by atoms with van der Waals surface area (Å²) in [6.45, 7) is 14.1. The maximum Gasteiger partial charge on any atom is 0.472 e. The molecule has 0 aliphatic carbocycles. The normalized spacial score (nSPS) is 14.1. The van der Waals surface area contributed by atoms with Crippen LogP contribution in [0.1, 0.15) is 383 Å². The molecular weight excluding hydrogens is 1250 g/mol. The van der Waals surface area contributed by atoms with E-state index >= 15 is 0 Å². The minimum absolute atomic E-state index is 0.104. The van der Waals surface area contributed by atoms with Crippen LogP contribution in [-0.2, 0) is 65.4 Å². The molecule has 0 aliphatic heterocycles. The van der Waals surface area contributed by atoms with Gasteiger partial charge in [0.15, 0.2) is 12.2 Å². The van der Waals surface area contributed by atoms with Crippen LogP contribution in [0.4, 0.5) is 0 Å². The Morgan fingerprint density at radius 2 is 0.442 bits per heavy atom. The molecule has 0 aliphatic rings.